The highest BCUT2D eigenvalue weighted by atomic mass is 31.1. The molecule has 0 fully saturated rings. The van der Waals surface area contributed by atoms with E-state index < -0.39 is 8.25 Å². The molecular weight excluding hydrogens is 223 g/mol. The Kier molecular flexibility index (Phi) is 6.69. The molecule has 0 heterocycles. The molecule has 0 atom stereocenters. The van der Waals surface area contributed by atoms with E-state index in [1.165, 1.54) is 0 Å². The third-order valence-electron chi connectivity index (χ3n) is 3.04. The zero-order valence-electron chi connectivity index (χ0n) is 11.5. The lowest BCUT2D eigenvalue weighted by Gasteiger charge is -2.19. The monoisotopic (exact) mass is 249 g/mol. The summed E-state index contributed by atoms with van der Waals surface area (Å²) in [5.74, 6) is 0. The van der Waals surface area contributed by atoms with Gasteiger partial charge in [-0.1, -0.05) is 41.5 Å². The van der Waals surface area contributed by atoms with Crippen molar-refractivity contribution in [2.75, 3.05) is 13.2 Å². The fourth-order valence-corrected chi connectivity index (χ4v) is 1.68. The normalized spacial score (nSPS) is 12.9. The standard InChI is InChI=1S/C12H26O3P/c1-7-11(3,4)9-14-16(13)15-10-12(5,6)8-2/h7-10H2,1-6H3/q+1. The Balaban J connectivity index is 3.85. The molecule has 0 aromatic heterocycles. The van der Waals surface area contributed by atoms with Crippen LogP contribution in [0.25, 0.3) is 0 Å². The van der Waals surface area contributed by atoms with Crippen molar-refractivity contribution in [3.8, 4) is 0 Å². The maximum atomic E-state index is 11.5. The zero-order valence-corrected chi connectivity index (χ0v) is 12.4. The topological polar surface area (TPSA) is 35.5 Å². The molecule has 0 saturated carbocycles. The fraction of sp³-hybridized carbons (Fsp3) is 1.00. The predicted octanol–water partition coefficient (Wildman–Crippen LogP) is 4.55. The van der Waals surface area contributed by atoms with Gasteiger partial charge >= 0.3 is 8.25 Å². The summed E-state index contributed by atoms with van der Waals surface area (Å²) in [6, 6.07) is 0. The highest BCUT2D eigenvalue weighted by Gasteiger charge is 2.29. The largest absolute Gasteiger partial charge is 0.697 e. The Bertz CT molecular complexity index is 202. The minimum atomic E-state index is -1.97. The van der Waals surface area contributed by atoms with Gasteiger partial charge in [0.2, 0.25) is 0 Å². The Morgan fingerprint density at radius 1 is 0.875 bits per heavy atom. The maximum absolute atomic E-state index is 11.5. The van der Waals surface area contributed by atoms with Crippen LogP contribution >= 0.6 is 8.25 Å². The highest BCUT2D eigenvalue weighted by Crippen LogP contribution is 2.32. The average molecular weight is 249 g/mol. The van der Waals surface area contributed by atoms with Crippen molar-refractivity contribution < 1.29 is 13.6 Å². The molecule has 0 unspecified atom stereocenters. The Morgan fingerprint density at radius 3 is 1.44 bits per heavy atom. The molecule has 16 heavy (non-hydrogen) atoms. The summed E-state index contributed by atoms with van der Waals surface area (Å²) in [5, 5.41) is 0. The third kappa shape index (κ3) is 7.32. The first-order valence-corrected chi connectivity index (χ1v) is 7.05. The van der Waals surface area contributed by atoms with E-state index in [1.54, 1.807) is 0 Å². The van der Waals surface area contributed by atoms with Gasteiger partial charge in [-0.25, -0.2) is 0 Å². The van der Waals surface area contributed by atoms with Gasteiger partial charge in [0.15, 0.2) is 0 Å². The molecule has 0 bridgehead atoms. The van der Waals surface area contributed by atoms with Gasteiger partial charge in [0.1, 0.15) is 13.2 Å². The van der Waals surface area contributed by atoms with E-state index in [-0.39, 0.29) is 10.8 Å². The molecule has 0 saturated heterocycles. The summed E-state index contributed by atoms with van der Waals surface area (Å²) in [6.45, 7) is 13.5. The van der Waals surface area contributed by atoms with Crippen molar-refractivity contribution in [3.05, 3.63) is 0 Å². The van der Waals surface area contributed by atoms with Crippen LogP contribution in [0.5, 0.6) is 0 Å². The van der Waals surface area contributed by atoms with Gasteiger partial charge in [0.05, 0.1) is 0 Å². The molecule has 0 aromatic rings. The molecule has 0 aromatic carbocycles. The summed E-state index contributed by atoms with van der Waals surface area (Å²) >= 11 is 0. The van der Waals surface area contributed by atoms with E-state index in [2.05, 4.69) is 41.5 Å². The van der Waals surface area contributed by atoms with Crippen LogP contribution in [0.2, 0.25) is 0 Å². The lowest BCUT2D eigenvalue weighted by molar-refractivity contribution is 0.121. The Labute approximate surface area is 101 Å². The summed E-state index contributed by atoms with van der Waals surface area (Å²) in [6.07, 6.45) is 1.99. The van der Waals surface area contributed by atoms with Gasteiger partial charge < -0.3 is 0 Å². The van der Waals surface area contributed by atoms with Crippen LogP contribution in [-0.2, 0) is 13.6 Å². The maximum Gasteiger partial charge on any atom is 0.697 e. The van der Waals surface area contributed by atoms with E-state index in [0.717, 1.165) is 12.8 Å². The first kappa shape index (κ1) is 16.0. The molecule has 3 nitrogen and oxygen atoms in total. The van der Waals surface area contributed by atoms with E-state index in [4.69, 9.17) is 9.05 Å². The molecule has 96 valence electrons. The number of hydrogen-bond acceptors (Lipinski definition) is 3. The smallest absolute Gasteiger partial charge is 0.119 e. The summed E-state index contributed by atoms with van der Waals surface area (Å²) in [7, 11) is -1.97. The van der Waals surface area contributed by atoms with Crippen LogP contribution in [0.3, 0.4) is 0 Å². The van der Waals surface area contributed by atoms with Crippen LogP contribution in [0.1, 0.15) is 54.4 Å². The van der Waals surface area contributed by atoms with Gasteiger partial charge in [0.25, 0.3) is 0 Å². The Hall–Kier alpha value is 0.0200. The van der Waals surface area contributed by atoms with Crippen LogP contribution in [-0.4, -0.2) is 13.2 Å². The zero-order chi connectivity index (χ0) is 12.8. The molecule has 0 radical (unpaired) electrons. The predicted molar refractivity (Wildman–Crippen MR) is 67.7 cm³/mol. The van der Waals surface area contributed by atoms with E-state index in [9.17, 15) is 4.57 Å². The molecule has 0 spiro atoms. The van der Waals surface area contributed by atoms with Gasteiger partial charge in [-0.05, 0) is 23.7 Å². The van der Waals surface area contributed by atoms with Gasteiger partial charge in [-0.3, -0.25) is 0 Å². The molecule has 0 amide bonds. The van der Waals surface area contributed by atoms with Crippen molar-refractivity contribution in [2.45, 2.75) is 54.4 Å². The van der Waals surface area contributed by atoms with Crippen molar-refractivity contribution in [3.63, 3.8) is 0 Å². The first-order chi connectivity index (χ1) is 7.22. The fourth-order valence-electron chi connectivity index (χ4n) is 0.696. The molecule has 0 N–H and O–H groups in total. The average Bonchev–Trinajstić information content (AvgIpc) is 2.24. The number of rotatable bonds is 8. The van der Waals surface area contributed by atoms with Crippen molar-refractivity contribution in [2.24, 2.45) is 10.8 Å². The Morgan fingerprint density at radius 2 is 1.19 bits per heavy atom. The minimum absolute atomic E-state index is 0.0641. The van der Waals surface area contributed by atoms with E-state index in [0.29, 0.717) is 13.2 Å². The lowest BCUT2D eigenvalue weighted by atomic mass is 9.92. The minimum Gasteiger partial charge on any atom is -0.119 e. The van der Waals surface area contributed by atoms with Gasteiger partial charge in [-0.15, -0.1) is 9.05 Å². The molecule has 4 heteroatoms. The van der Waals surface area contributed by atoms with Gasteiger partial charge in [-0.2, -0.15) is 0 Å². The van der Waals surface area contributed by atoms with Crippen LogP contribution in [0.15, 0.2) is 0 Å². The summed E-state index contributed by atoms with van der Waals surface area (Å²) < 4.78 is 21.9. The SMILES string of the molecule is CCC(C)(C)CO[P+](=O)OCC(C)(C)CC. The first-order valence-electron chi connectivity index (χ1n) is 5.95. The summed E-state index contributed by atoms with van der Waals surface area (Å²) in [5.41, 5.74) is 0.128. The molecule has 0 rings (SSSR count). The van der Waals surface area contributed by atoms with Crippen LogP contribution in [0.4, 0.5) is 0 Å². The molecular formula is C12H26O3P+. The second-order valence-electron chi connectivity index (χ2n) is 5.81. The van der Waals surface area contributed by atoms with E-state index in [1.807, 2.05) is 0 Å². The van der Waals surface area contributed by atoms with Crippen molar-refractivity contribution in [1.82, 2.24) is 0 Å². The van der Waals surface area contributed by atoms with Crippen LogP contribution in [0, 0.1) is 10.8 Å². The second-order valence-corrected chi connectivity index (χ2v) is 6.77. The molecule has 0 aliphatic carbocycles. The quantitative estimate of drug-likeness (QED) is 0.592. The van der Waals surface area contributed by atoms with Crippen molar-refractivity contribution in [1.29, 1.82) is 0 Å². The van der Waals surface area contributed by atoms with E-state index >= 15 is 0 Å². The third-order valence-corrected chi connectivity index (χ3v) is 3.72. The number of hydrogen-bond donors (Lipinski definition) is 0. The van der Waals surface area contributed by atoms with Gasteiger partial charge in [0, 0.05) is 4.57 Å². The van der Waals surface area contributed by atoms with Crippen molar-refractivity contribution >= 4 is 8.25 Å². The molecule has 0 aliphatic heterocycles. The summed E-state index contributed by atoms with van der Waals surface area (Å²) in [4.78, 5) is 0. The second kappa shape index (κ2) is 6.68. The molecule has 0 aliphatic rings. The lowest BCUT2D eigenvalue weighted by Crippen LogP contribution is -2.18. The highest BCUT2D eigenvalue weighted by molar-refractivity contribution is 7.33. The van der Waals surface area contributed by atoms with Crippen LogP contribution < -0.4 is 0 Å².